The fourth-order valence-corrected chi connectivity index (χ4v) is 4.52. The van der Waals surface area contributed by atoms with Crippen LogP contribution in [-0.4, -0.2) is 48.7 Å². The first-order valence-corrected chi connectivity index (χ1v) is 9.58. The Kier molecular flexibility index (Phi) is 4.63. The number of aromatic nitrogens is 3. The second kappa shape index (κ2) is 6.96. The van der Waals surface area contributed by atoms with E-state index in [4.69, 9.17) is 11.6 Å². The van der Waals surface area contributed by atoms with E-state index in [1.165, 1.54) is 4.90 Å². The van der Waals surface area contributed by atoms with Gasteiger partial charge in [-0.1, -0.05) is 24.4 Å². The summed E-state index contributed by atoms with van der Waals surface area (Å²) in [7, 11) is 0. The number of aryl methyl sites for hydroxylation is 1. The molecule has 2 aromatic rings. The lowest BCUT2D eigenvalue weighted by atomic mass is 9.85. The number of hydrogen-bond donors (Lipinski definition) is 1. The van der Waals surface area contributed by atoms with Crippen molar-refractivity contribution in [1.82, 2.24) is 19.7 Å². The van der Waals surface area contributed by atoms with Crippen LogP contribution < -0.4 is 0 Å². The quantitative estimate of drug-likeness (QED) is 0.872. The van der Waals surface area contributed by atoms with E-state index in [0.29, 0.717) is 17.3 Å². The molecule has 2 aliphatic rings. The van der Waals surface area contributed by atoms with Crippen molar-refractivity contribution >= 4 is 23.5 Å². The first-order valence-electron chi connectivity index (χ1n) is 9.21. The summed E-state index contributed by atoms with van der Waals surface area (Å²) in [5, 5.41) is 14.6. The number of likely N-dealkylation sites (tertiary alicyclic amines) is 1. The van der Waals surface area contributed by atoms with Gasteiger partial charge in [-0.15, -0.1) is 5.10 Å². The van der Waals surface area contributed by atoms with E-state index in [9.17, 15) is 14.7 Å². The summed E-state index contributed by atoms with van der Waals surface area (Å²) in [6.45, 7) is 1.76. The molecule has 0 radical (unpaired) electrons. The number of carboxylic acids is 1. The Bertz CT molecular complexity index is 880. The van der Waals surface area contributed by atoms with Gasteiger partial charge in [0.15, 0.2) is 0 Å². The maximum atomic E-state index is 13.2. The number of benzene rings is 1. The minimum Gasteiger partial charge on any atom is -0.480 e. The highest BCUT2D eigenvalue weighted by molar-refractivity contribution is 6.30. The zero-order chi connectivity index (χ0) is 19.1. The summed E-state index contributed by atoms with van der Waals surface area (Å²) in [6.07, 6.45) is 4.45. The van der Waals surface area contributed by atoms with Crippen LogP contribution in [0.3, 0.4) is 0 Å². The van der Waals surface area contributed by atoms with Gasteiger partial charge in [0.05, 0.1) is 5.69 Å². The van der Waals surface area contributed by atoms with Crippen LogP contribution in [0.15, 0.2) is 24.3 Å². The Labute approximate surface area is 161 Å². The zero-order valence-corrected chi connectivity index (χ0v) is 15.8. The Morgan fingerprint density at radius 3 is 2.59 bits per heavy atom. The van der Waals surface area contributed by atoms with Crippen molar-refractivity contribution in [3.05, 3.63) is 40.9 Å². The largest absolute Gasteiger partial charge is 0.480 e. The van der Waals surface area contributed by atoms with Gasteiger partial charge >= 0.3 is 5.97 Å². The van der Waals surface area contributed by atoms with Crippen molar-refractivity contribution in [2.75, 3.05) is 0 Å². The minimum atomic E-state index is -0.952. The zero-order valence-electron chi connectivity index (χ0n) is 15.0. The van der Waals surface area contributed by atoms with Gasteiger partial charge in [0.2, 0.25) is 5.82 Å². The van der Waals surface area contributed by atoms with Crippen LogP contribution in [0.25, 0.3) is 5.69 Å². The van der Waals surface area contributed by atoms with Gasteiger partial charge < -0.3 is 10.0 Å². The number of aliphatic carboxylic acids is 1. The molecule has 4 rings (SSSR count). The molecule has 2 fully saturated rings. The van der Waals surface area contributed by atoms with E-state index in [1.54, 1.807) is 35.9 Å². The summed E-state index contributed by atoms with van der Waals surface area (Å²) < 4.78 is 1.58. The Morgan fingerprint density at radius 1 is 1.19 bits per heavy atom. The second-order valence-corrected chi connectivity index (χ2v) is 7.72. The first-order chi connectivity index (χ1) is 13.0. The van der Waals surface area contributed by atoms with Gasteiger partial charge in [-0.2, -0.15) is 0 Å². The molecule has 1 aliphatic heterocycles. The van der Waals surface area contributed by atoms with Crippen LogP contribution in [0.5, 0.6) is 0 Å². The molecule has 0 bridgehead atoms. The number of amides is 1. The topological polar surface area (TPSA) is 88.3 Å². The van der Waals surface area contributed by atoms with Crippen LogP contribution in [0.4, 0.5) is 0 Å². The number of hydrogen-bond acceptors (Lipinski definition) is 4. The molecule has 3 unspecified atom stereocenters. The lowest BCUT2D eigenvalue weighted by Gasteiger charge is -2.32. The van der Waals surface area contributed by atoms with Crippen LogP contribution >= 0.6 is 11.6 Å². The number of rotatable bonds is 3. The lowest BCUT2D eigenvalue weighted by Crippen LogP contribution is -2.46. The highest BCUT2D eigenvalue weighted by Gasteiger charge is 2.48. The molecule has 8 heteroatoms. The average Bonchev–Trinajstić information content (AvgIpc) is 3.23. The van der Waals surface area contributed by atoms with Gasteiger partial charge in [0.25, 0.3) is 5.91 Å². The van der Waals surface area contributed by atoms with Gasteiger partial charge in [-0.3, -0.25) is 4.79 Å². The Balaban J connectivity index is 1.66. The molecule has 3 atom stereocenters. The molecule has 1 saturated heterocycles. The summed E-state index contributed by atoms with van der Waals surface area (Å²) in [4.78, 5) is 30.8. The maximum absolute atomic E-state index is 13.2. The van der Waals surface area contributed by atoms with Crippen molar-refractivity contribution in [2.24, 2.45) is 5.92 Å². The summed E-state index contributed by atoms with van der Waals surface area (Å²) in [5.74, 6) is -0.491. The second-order valence-electron chi connectivity index (χ2n) is 7.28. The van der Waals surface area contributed by atoms with E-state index < -0.39 is 17.9 Å². The van der Waals surface area contributed by atoms with Crippen LogP contribution in [-0.2, 0) is 4.79 Å². The molecule has 1 amide bonds. The third-order valence-electron chi connectivity index (χ3n) is 5.64. The molecule has 1 N–H and O–H groups in total. The van der Waals surface area contributed by atoms with Crippen LogP contribution in [0.2, 0.25) is 5.02 Å². The van der Waals surface area contributed by atoms with E-state index in [2.05, 4.69) is 10.1 Å². The van der Waals surface area contributed by atoms with Crippen LogP contribution in [0.1, 0.15) is 48.5 Å². The highest BCUT2D eigenvalue weighted by atomic mass is 35.5. The molecule has 1 aromatic carbocycles. The van der Waals surface area contributed by atoms with E-state index in [0.717, 1.165) is 31.4 Å². The van der Waals surface area contributed by atoms with Crippen molar-refractivity contribution in [2.45, 2.75) is 51.1 Å². The third-order valence-corrected chi connectivity index (χ3v) is 5.89. The molecule has 27 heavy (non-hydrogen) atoms. The highest BCUT2D eigenvalue weighted by Crippen LogP contribution is 2.40. The fraction of sp³-hybridized carbons (Fsp3) is 0.474. The third kappa shape index (κ3) is 3.20. The van der Waals surface area contributed by atoms with Crippen molar-refractivity contribution in [3.63, 3.8) is 0 Å². The molecule has 7 nitrogen and oxygen atoms in total. The van der Waals surface area contributed by atoms with Crippen LogP contribution in [0, 0.1) is 12.8 Å². The number of carbonyl (C=O) groups is 2. The van der Waals surface area contributed by atoms with E-state index in [1.807, 2.05) is 0 Å². The van der Waals surface area contributed by atoms with Crippen molar-refractivity contribution < 1.29 is 14.7 Å². The van der Waals surface area contributed by atoms with E-state index >= 15 is 0 Å². The van der Waals surface area contributed by atoms with Gasteiger partial charge in [-0.25, -0.2) is 14.5 Å². The Morgan fingerprint density at radius 2 is 1.89 bits per heavy atom. The SMILES string of the molecule is Cc1nc(C(=O)N2C(C(=O)O)CC3CCCCC32)nn1-c1ccc(Cl)cc1. The summed E-state index contributed by atoms with van der Waals surface area (Å²) in [5.41, 5.74) is 0.746. The first kappa shape index (κ1) is 18.0. The molecule has 142 valence electrons. The van der Waals surface area contributed by atoms with Gasteiger partial charge in [0, 0.05) is 11.1 Å². The predicted molar refractivity (Wildman–Crippen MR) is 99.1 cm³/mol. The number of halogens is 1. The number of nitrogens with zero attached hydrogens (tertiary/aromatic N) is 4. The standard InChI is InChI=1S/C19H21ClN4O3/c1-11-21-17(22-24(11)14-8-6-13(20)7-9-14)18(25)23-15-5-3-2-4-12(15)10-16(23)19(26)27/h6-9,12,15-16H,2-5,10H2,1H3,(H,26,27). The average molecular weight is 389 g/mol. The molecule has 1 aliphatic carbocycles. The van der Waals surface area contributed by atoms with Crippen molar-refractivity contribution in [1.29, 1.82) is 0 Å². The van der Waals surface area contributed by atoms with E-state index in [-0.39, 0.29) is 17.8 Å². The normalized spacial score (nSPS) is 24.7. The van der Waals surface area contributed by atoms with Gasteiger partial charge in [-0.05, 0) is 56.4 Å². The number of fused-ring (bicyclic) bond motifs is 1. The molecular weight excluding hydrogens is 368 g/mol. The minimum absolute atomic E-state index is 0.0323. The fourth-order valence-electron chi connectivity index (χ4n) is 4.40. The number of carbonyl (C=O) groups excluding carboxylic acids is 1. The molecular formula is C19H21ClN4O3. The summed E-state index contributed by atoms with van der Waals surface area (Å²) >= 11 is 5.93. The lowest BCUT2D eigenvalue weighted by molar-refractivity contribution is -0.141. The Hall–Kier alpha value is -2.41. The number of carboxylic acid groups (broad SMARTS) is 1. The van der Waals surface area contributed by atoms with Crippen molar-refractivity contribution in [3.8, 4) is 5.69 Å². The summed E-state index contributed by atoms with van der Waals surface area (Å²) in [6, 6.07) is 6.25. The molecule has 1 aromatic heterocycles. The monoisotopic (exact) mass is 388 g/mol. The molecule has 1 saturated carbocycles. The van der Waals surface area contributed by atoms with Gasteiger partial charge in [0.1, 0.15) is 11.9 Å². The molecule has 0 spiro atoms. The predicted octanol–water partition coefficient (Wildman–Crippen LogP) is 3.09. The molecule has 2 heterocycles. The maximum Gasteiger partial charge on any atom is 0.326 e. The smallest absolute Gasteiger partial charge is 0.326 e.